The van der Waals surface area contributed by atoms with Crippen LogP contribution in [0.15, 0.2) is 24.5 Å². The van der Waals surface area contributed by atoms with Crippen molar-refractivity contribution in [1.29, 1.82) is 0 Å². The van der Waals surface area contributed by atoms with E-state index in [4.69, 9.17) is 0 Å². The molecule has 0 aliphatic carbocycles. The summed E-state index contributed by atoms with van der Waals surface area (Å²) in [7, 11) is 0. The number of rotatable bonds is 0. The highest BCUT2D eigenvalue weighted by Gasteiger charge is 2.16. The molecule has 0 bridgehead atoms. The van der Waals surface area contributed by atoms with Crippen LogP contribution in [0.5, 0.6) is 0 Å². The zero-order chi connectivity index (χ0) is 9.54. The third-order valence-corrected chi connectivity index (χ3v) is 2.73. The second kappa shape index (κ2) is 2.67. The molecule has 0 saturated heterocycles. The zero-order valence-corrected chi connectivity index (χ0v) is 8.07. The number of hydrogen-bond acceptors (Lipinski definition) is 2. The second-order valence-corrected chi connectivity index (χ2v) is 3.75. The molecule has 1 aromatic heterocycles. The van der Waals surface area contributed by atoms with Crippen molar-refractivity contribution in [3.63, 3.8) is 0 Å². The van der Waals surface area contributed by atoms with Crippen molar-refractivity contribution in [2.75, 3.05) is 0 Å². The molecule has 0 unspecified atom stereocenters. The Bertz CT molecular complexity index is 485. The van der Waals surface area contributed by atoms with Gasteiger partial charge in [-0.25, -0.2) is 0 Å². The Hall–Kier alpha value is -1.64. The van der Waals surface area contributed by atoms with E-state index < -0.39 is 0 Å². The summed E-state index contributed by atoms with van der Waals surface area (Å²) >= 11 is 0. The van der Waals surface area contributed by atoms with Crippen LogP contribution in [0.2, 0.25) is 0 Å². The van der Waals surface area contributed by atoms with E-state index in [1.807, 2.05) is 0 Å². The normalized spacial score (nSPS) is 13.5. The number of fused-ring (bicyclic) bond motifs is 3. The molecule has 14 heavy (non-hydrogen) atoms. The van der Waals surface area contributed by atoms with Crippen molar-refractivity contribution >= 4 is 0 Å². The van der Waals surface area contributed by atoms with Gasteiger partial charge in [0.1, 0.15) is 12.2 Å². The van der Waals surface area contributed by atoms with Crippen molar-refractivity contribution < 1.29 is 0 Å². The maximum Gasteiger partial charge on any atom is 0.137 e. The van der Waals surface area contributed by atoms with Gasteiger partial charge >= 0.3 is 0 Å². The Labute approximate surface area is 82.4 Å². The van der Waals surface area contributed by atoms with Gasteiger partial charge in [-0.3, -0.25) is 4.57 Å². The predicted molar refractivity (Wildman–Crippen MR) is 53.5 cm³/mol. The molecule has 3 heteroatoms. The van der Waals surface area contributed by atoms with Gasteiger partial charge in [-0.2, -0.15) is 0 Å². The van der Waals surface area contributed by atoms with Crippen LogP contribution in [0, 0.1) is 6.92 Å². The van der Waals surface area contributed by atoms with E-state index in [9.17, 15) is 0 Å². The quantitative estimate of drug-likeness (QED) is 0.625. The zero-order valence-electron chi connectivity index (χ0n) is 8.07. The Morgan fingerprint density at radius 1 is 1.29 bits per heavy atom. The van der Waals surface area contributed by atoms with E-state index in [0.717, 1.165) is 18.7 Å². The first-order valence-electron chi connectivity index (χ1n) is 4.83. The number of benzene rings is 1. The lowest BCUT2D eigenvalue weighted by molar-refractivity contribution is 0.773. The highest BCUT2D eigenvalue weighted by Crippen LogP contribution is 2.23. The molecule has 3 nitrogen and oxygen atoms in total. The van der Waals surface area contributed by atoms with E-state index in [1.165, 1.54) is 16.8 Å². The van der Waals surface area contributed by atoms with E-state index in [-0.39, 0.29) is 0 Å². The van der Waals surface area contributed by atoms with Crippen molar-refractivity contribution in [3.05, 3.63) is 41.5 Å². The summed E-state index contributed by atoms with van der Waals surface area (Å²) in [5.74, 6) is 1.07. The SMILES string of the molecule is Cc1ccc2c(c1)CCc1nncn1-2. The van der Waals surface area contributed by atoms with Crippen LogP contribution in [0.1, 0.15) is 17.0 Å². The van der Waals surface area contributed by atoms with Crippen LogP contribution >= 0.6 is 0 Å². The molecule has 3 rings (SSSR count). The fourth-order valence-corrected chi connectivity index (χ4v) is 2.03. The molecule has 2 aromatic rings. The molecule has 0 fully saturated rings. The van der Waals surface area contributed by atoms with Crippen LogP contribution < -0.4 is 0 Å². The summed E-state index contributed by atoms with van der Waals surface area (Å²) in [6, 6.07) is 6.53. The summed E-state index contributed by atoms with van der Waals surface area (Å²) < 4.78 is 2.08. The average molecular weight is 185 g/mol. The highest BCUT2D eigenvalue weighted by atomic mass is 15.3. The Morgan fingerprint density at radius 2 is 2.21 bits per heavy atom. The molecule has 0 radical (unpaired) electrons. The number of aromatic nitrogens is 3. The molecule has 70 valence electrons. The van der Waals surface area contributed by atoms with Gasteiger partial charge in [0.05, 0.1) is 5.69 Å². The summed E-state index contributed by atoms with van der Waals surface area (Å²) in [6.07, 6.45) is 3.87. The van der Waals surface area contributed by atoms with E-state index in [2.05, 4.69) is 39.9 Å². The van der Waals surface area contributed by atoms with Crippen LogP contribution in [-0.4, -0.2) is 14.8 Å². The minimum Gasteiger partial charge on any atom is -0.285 e. The first-order chi connectivity index (χ1) is 6.84. The summed E-state index contributed by atoms with van der Waals surface area (Å²) in [5, 5.41) is 8.03. The van der Waals surface area contributed by atoms with Crippen LogP contribution in [-0.2, 0) is 12.8 Å². The van der Waals surface area contributed by atoms with Crippen molar-refractivity contribution in [2.24, 2.45) is 0 Å². The minimum absolute atomic E-state index is 0.996. The molecule has 0 amide bonds. The van der Waals surface area contributed by atoms with Gasteiger partial charge < -0.3 is 0 Å². The third kappa shape index (κ3) is 0.985. The lowest BCUT2D eigenvalue weighted by Crippen LogP contribution is -2.11. The maximum atomic E-state index is 4.09. The van der Waals surface area contributed by atoms with Crippen molar-refractivity contribution in [2.45, 2.75) is 19.8 Å². The summed E-state index contributed by atoms with van der Waals surface area (Å²) in [6.45, 7) is 2.13. The van der Waals surface area contributed by atoms with E-state index in [1.54, 1.807) is 6.33 Å². The Morgan fingerprint density at radius 3 is 3.14 bits per heavy atom. The molecule has 0 saturated carbocycles. The molecule has 0 N–H and O–H groups in total. The Balaban J connectivity index is 2.26. The van der Waals surface area contributed by atoms with Crippen LogP contribution in [0.3, 0.4) is 0 Å². The molecule has 1 aliphatic rings. The maximum absolute atomic E-state index is 4.09. The molecule has 0 atom stereocenters. The smallest absolute Gasteiger partial charge is 0.137 e. The van der Waals surface area contributed by atoms with Gasteiger partial charge in [-0.15, -0.1) is 10.2 Å². The molecule has 2 heterocycles. The third-order valence-electron chi connectivity index (χ3n) is 2.73. The lowest BCUT2D eigenvalue weighted by atomic mass is 10.0. The molecule has 1 aromatic carbocycles. The topological polar surface area (TPSA) is 30.7 Å². The van der Waals surface area contributed by atoms with Gasteiger partial charge in [-0.1, -0.05) is 17.7 Å². The first-order valence-corrected chi connectivity index (χ1v) is 4.83. The van der Waals surface area contributed by atoms with Crippen molar-refractivity contribution in [1.82, 2.24) is 14.8 Å². The molecule has 0 spiro atoms. The van der Waals surface area contributed by atoms with Crippen LogP contribution in [0.4, 0.5) is 0 Å². The average Bonchev–Trinajstić information content (AvgIpc) is 2.65. The number of hydrogen-bond donors (Lipinski definition) is 0. The predicted octanol–water partition coefficient (Wildman–Crippen LogP) is 1.67. The molecular formula is C11H11N3. The highest BCUT2D eigenvalue weighted by molar-refractivity contribution is 5.46. The van der Waals surface area contributed by atoms with E-state index >= 15 is 0 Å². The lowest BCUT2D eigenvalue weighted by Gasteiger charge is -2.17. The van der Waals surface area contributed by atoms with Gasteiger partial charge in [0.25, 0.3) is 0 Å². The summed E-state index contributed by atoms with van der Waals surface area (Å²) in [4.78, 5) is 0. The van der Waals surface area contributed by atoms with Gasteiger partial charge in [0.15, 0.2) is 0 Å². The second-order valence-electron chi connectivity index (χ2n) is 3.75. The van der Waals surface area contributed by atoms with Gasteiger partial charge in [0, 0.05) is 6.42 Å². The molecular weight excluding hydrogens is 174 g/mol. The number of aryl methyl sites for hydroxylation is 3. The van der Waals surface area contributed by atoms with Gasteiger partial charge in [-0.05, 0) is 25.0 Å². The summed E-state index contributed by atoms with van der Waals surface area (Å²) in [5.41, 5.74) is 3.96. The van der Waals surface area contributed by atoms with Gasteiger partial charge in [0.2, 0.25) is 0 Å². The monoisotopic (exact) mass is 185 g/mol. The van der Waals surface area contributed by atoms with E-state index in [0.29, 0.717) is 0 Å². The number of nitrogens with zero attached hydrogens (tertiary/aromatic N) is 3. The van der Waals surface area contributed by atoms with Crippen LogP contribution in [0.25, 0.3) is 5.69 Å². The first kappa shape index (κ1) is 7.74. The largest absolute Gasteiger partial charge is 0.285 e. The molecule has 1 aliphatic heterocycles. The fraction of sp³-hybridized carbons (Fsp3) is 0.273. The minimum atomic E-state index is 0.996. The fourth-order valence-electron chi connectivity index (χ4n) is 2.03. The Kier molecular flexibility index (Phi) is 1.48. The standard InChI is InChI=1S/C11H11N3/c1-8-2-4-10-9(6-8)3-5-11-13-12-7-14(10)11/h2,4,6-7H,3,5H2,1H3. The van der Waals surface area contributed by atoms with Crippen molar-refractivity contribution in [3.8, 4) is 5.69 Å².